The number of nitrogens with zero attached hydrogens (tertiary/aromatic N) is 1. The minimum Gasteiger partial charge on any atom is -0.365 e. The maximum atomic E-state index is 7.86. The normalized spacial score (nSPS) is 10.0. The van der Waals surface area contributed by atoms with Crippen molar-refractivity contribution in [3.8, 4) is 6.07 Å². The number of nitriles is 1. The Morgan fingerprint density at radius 1 is 0.850 bits per heavy atom. The van der Waals surface area contributed by atoms with E-state index in [1.54, 1.807) is 0 Å². The molecule has 0 aliphatic rings. The standard InChI is InChI=1S/2C6H15N.C3H6NOP/c2*1-5(2)7-6(3)4;4-2-1-3-5-6/h2*5-7H,1-4H3;1,3,6H2. The molecule has 4 nitrogen and oxygen atoms in total. The minimum absolute atomic E-state index is 0.476. The van der Waals surface area contributed by atoms with Gasteiger partial charge in [0.15, 0.2) is 0 Å². The molecule has 1 unspecified atom stereocenters. The van der Waals surface area contributed by atoms with Gasteiger partial charge in [-0.15, -0.1) is 0 Å². The van der Waals surface area contributed by atoms with Gasteiger partial charge in [0, 0.05) is 33.6 Å². The van der Waals surface area contributed by atoms with E-state index >= 15 is 0 Å². The van der Waals surface area contributed by atoms with Crippen molar-refractivity contribution in [2.75, 3.05) is 6.61 Å². The lowest BCUT2D eigenvalue weighted by Crippen LogP contribution is -2.29. The molecule has 0 aliphatic heterocycles. The smallest absolute Gasteiger partial charge is 0.0646 e. The second-order valence-corrected chi connectivity index (χ2v) is 6.06. The Kier molecular flexibility index (Phi) is 23.3. The third-order valence-corrected chi connectivity index (χ3v) is 1.90. The molecule has 0 aliphatic carbocycles. The van der Waals surface area contributed by atoms with Gasteiger partial charge >= 0.3 is 0 Å². The molecule has 0 rings (SSSR count). The molecule has 0 spiro atoms. The molecule has 0 aromatic carbocycles. The van der Waals surface area contributed by atoms with E-state index < -0.39 is 0 Å². The van der Waals surface area contributed by atoms with Crippen molar-refractivity contribution in [3.05, 3.63) is 0 Å². The third-order valence-electron chi connectivity index (χ3n) is 1.67. The molecular weight excluding hydrogens is 269 g/mol. The first-order valence-electron chi connectivity index (χ1n) is 7.38. The van der Waals surface area contributed by atoms with E-state index in [9.17, 15) is 0 Å². The summed E-state index contributed by atoms with van der Waals surface area (Å²) in [4.78, 5) is 0. The van der Waals surface area contributed by atoms with Crippen molar-refractivity contribution < 1.29 is 4.52 Å². The van der Waals surface area contributed by atoms with Crippen molar-refractivity contribution in [1.29, 1.82) is 5.26 Å². The van der Waals surface area contributed by atoms with Crippen LogP contribution < -0.4 is 10.6 Å². The van der Waals surface area contributed by atoms with Gasteiger partial charge in [-0.05, 0) is 0 Å². The second-order valence-electron chi connectivity index (χ2n) is 5.73. The van der Waals surface area contributed by atoms with E-state index in [0.717, 1.165) is 0 Å². The van der Waals surface area contributed by atoms with Crippen molar-refractivity contribution in [1.82, 2.24) is 10.6 Å². The van der Waals surface area contributed by atoms with Crippen LogP contribution >= 0.6 is 9.47 Å². The van der Waals surface area contributed by atoms with Crippen LogP contribution in [-0.2, 0) is 4.52 Å². The lowest BCUT2D eigenvalue weighted by molar-refractivity contribution is 0.383. The van der Waals surface area contributed by atoms with Gasteiger partial charge in [-0.3, -0.25) is 0 Å². The molecule has 5 heteroatoms. The van der Waals surface area contributed by atoms with Gasteiger partial charge in [0.1, 0.15) is 0 Å². The highest BCUT2D eigenvalue weighted by molar-refractivity contribution is 7.09. The molecule has 0 radical (unpaired) electrons. The van der Waals surface area contributed by atoms with Crippen LogP contribution in [-0.4, -0.2) is 30.8 Å². The summed E-state index contributed by atoms with van der Waals surface area (Å²) in [6, 6.07) is 4.43. The van der Waals surface area contributed by atoms with Crippen LogP contribution in [0.15, 0.2) is 0 Å². The maximum absolute atomic E-state index is 7.86. The zero-order valence-electron chi connectivity index (χ0n) is 14.7. The second kappa shape index (κ2) is 18.8. The largest absolute Gasteiger partial charge is 0.365 e. The van der Waals surface area contributed by atoms with Crippen LogP contribution in [0.1, 0.15) is 61.8 Å². The summed E-state index contributed by atoms with van der Waals surface area (Å²) in [7, 11) is 2.08. The molecule has 20 heavy (non-hydrogen) atoms. The van der Waals surface area contributed by atoms with E-state index in [2.05, 4.69) is 80.0 Å². The average Bonchev–Trinajstić information content (AvgIpc) is 2.24. The van der Waals surface area contributed by atoms with Crippen molar-refractivity contribution in [2.45, 2.75) is 86.0 Å². The van der Waals surface area contributed by atoms with Crippen LogP contribution in [0.2, 0.25) is 0 Å². The number of rotatable bonds is 6. The summed E-state index contributed by atoms with van der Waals surface area (Å²) in [6.07, 6.45) is 0.476. The zero-order chi connectivity index (χ0) is 16.6. The highest BCUT2D eigenvalue weighted by Crippen LogP contribution is 1.84. The molecule has 0 heterocycles. The van der Waals surface area contributed by atoms with Gasteiger partial charge < -0.3 is 15.2 Å². The minimum atomic E-state index is 0.476. The first-order valence-corrected chi connectivity index (χ1v) is 7.85. The van der Waals surface area contributed by atoms with Gasteiger partial charge in [0.25, 0.3) is 0 Å². The summed E-state index contributed by atoms with van der Waals surface area (Å²) in [6.45, 7) is 17.7. The maximum Gasteiger partial charge on any atom is 0.0646 e. The molecule has 0 aromatic rings. The summed E-state index contributed by atoms with van der Waals surface area (Å²) in [5.41, 5.74) is 0. The molecule has 122 valence electrons. The fraction of sp³-hybridized carbons (Fsp3) is 0.933. The Morgan fingerprint density at radius 3 is 1.20 bits per heavy atom. The third kappa shape index (κ3) is 43.1. The van der Waals surface area contributed by atoms with Crippen molar-refractivity contribution in [2.24, 2.45) is 0 Å². The van der Waals surface area contributed by atoms with Crippen LogP contribution in [0.3, 0.4) is 0 Å². The molecule has 0 amide bonds. The Bertz CT molecular complexity index is 188. The summed E-state index contributed by atoms with van der Waals surface area (Å²) in [5.74, 6) is 0. The SMILES string of the molecule is CC(C)NC(C)C.CC(C)NC(C)C.N#CCCOP. The number of nitrogens with one attached hydrogen (secondary N) is 2. The molecule has 0 saturated heterocycles. The summed E-state index contributed by atoms with van der Waals surface area (Å²) in [5, 5.41) is 14.5. The average molecular weight is 305 g/mol. The predicted molar refractivity (Wildman–Crippen MR) is 92.7 cm³/mol. The fourth-order valence-corrected chi connectivity index (χ4v) is 1.56. The molecule has 0 fully saturated rings. The summed E-state index contributed by atoms with van der Waals surface area (Å²) >= 11 is 0. The lowest BCUT2D eigenvalue weighted by Gasteiger charge is -2.10. The molecule has 1 atom stereocenters. The number of hydrogen-bond donors (Lipinski definition) is 2. The molecule has 0 saturated carbocycles. The first kappa shape index (κ1) is 24.8. The van der Waals surface area contributed by atoms with Crippen LogP contribution in [0.25, 0.3) is 0 Å². The van der Waals surface area contributed by atoms with E-state index in [0.29, 0.717) is 37.2 Å². The van der Waals surface area contributed by atoms with E-state index in [-0.39, 0.29) is 0 Å². The van der Waals surface area contributed by atoms with E-state index in [1.807, 2.05) is 6.07 Å². The van der Waals surface area contributed by atoms with Gasteiger partial charge in [-0.1, -0.05) is 55.4 Å². The van der Waals surface area contributed by atoms with Crippen LogP contribution in [0, 0.1) is 11.3 Å². The quantitative estimate of drug-likeness (QED) is 0.582. The van der Waals surface area contributed by atoms with Gasteiger partial charge in [0.05, 0.1) is 19.1 Å². The zero-order valence-corrected chi connectivity index (χ0v) is 15.8. The fourth-order valence-electron chi connectivity index (χ4n) is 1.44. The Morgan fingerprint density at radius 2 is 1.15 bits per heavy atom. The molecule has 2 N–H and O–H groups in total. The van der Waals surface area contributed by atoms with Gasteiger partial charge in [-0.2, -0.15) is 5.26 Å². The topological polar surface area (TPSA) is 57.1 Å². The molecule has 0 aromatic heterocycles. The Hall–Kier alpha value is -0.200. The number of hydrogen-bond acceptors (Lipinski definition) is 4. The van der Waals surface area contributed by atoms with Crippen LogP contribution in [0.4, 0.5) is 0 Å². The molecule has 0 bridgehead atoms. The van der Waals surface area contributed by atoms with E-state index in [4.69, 9.17) is 5.26 Å². The highest BCUT2D eigenvalue weighted by atomic mass is 31.0. The van der Waals surface area contributed by atoms with Crippen LogP contribution in [0.5, 0.6) is 0 Å². The predicted octanol–water partition coefficient (Wildman–Crippen LogP) is 3.49. The van der Waals surface area contributed by atoms with Gasteiger partial charge in [-0.25, -0.2) is 0 Å². The first-order chi connectivity index (χ1) is 9.17. The Labute approximate surface area is 129 Å². The van der Waals surface area contributed by atoms with Gasteiger partial charge in [0.2, 0.25) is 0 Å². The summed E-state index contributed by atoms with van der Waals surface area (Å²) < 4.78 is 4.48. The van der Waals surface area contributed by atoms with E-state index in [1.165, 1.54) is 0 Å². The highest BCUT2D eigenvalue weighted by Gasteiger charge is 1.93. The monoisotopic (exact) mass is 305 g/mol. The lowest BCUT2D eigenvalue weighted by atomic mass is 10.3. The molecular formula is C15H36N3OP. The van der Waals surface area contributed by atoms with Crippen molar-refractivity contribution >= 4 is 9.47 Å². The van der Waals surface area contributed by atoms with Crippen molar-refractivity contribution in [3.63, 3.8) is 0 Å². The Balaban J connectivity index is -0.000000218.